The van der Waals surface area contributed by atoms with Crippen LogP contribution in [-0.2, 0) is 21.1 Å². The minimum absolute atomic E-state index is 0.0492. The third-order valence-corrected chi connectivity index (χ3v) is 9.02. The molecule has 2 aliphatic heterocycles. The molecule has 2 aliphatic rings. The average molecular weight is 476 g/mol. The smallest absolute Gasteiger partial charge is 0.252 e. The molecule has 1 amide bonds. The molecule has 6 nitrogen and oxygen atoms in total. The largest absolute Gasteiger partial charge is 0.372 e. The summed E-state index contributed by atoms with van der Waals surface area (Å²) in [5, 5.41) is 0.373. The summed E-state index contributed by atoms with van der Waals surface area (Å²) in [4.78, 5) is 21.1. The Labute approximate surface area is 192 Å². The van der Waals surface area contributed by atoms with Gasteiger partial charge < -0.3 is 9.80 Å². The molecule has 2 atom stereocenters. The second kappa shape index (κ2) is 9.23. The third-order valence-electron chi connectivity index (χ3n) is 5.81. The van der Waals surface area contributed by atoms with Gasteiger partial charge in [0.25, 0.3) is 5.91 Å². The number of sulfone groups is 1. The topological polar surface area (TPSA) is 70.0 Å². The van der Waals surface area contributed by atoms with Gasteiger partial charge in [0.2, 0.25) is 0 Å². The first-order chi connectivity index (χ1) is 15.3. The molecule has 2 aromatic rings. The highest BCUT2D eigenvalue weighted by Gasteiger charge is 2.49. The lowest BCUT2D eigenvalue weighted by Gasteiger charge is -2.26. The normalized spacial score (nSPS) is 22.8. The first kappa shape index (κ1) is 22.8. The summed E-state index contributed by atoms with van der Waals surface area (Å²) in [5.41, 5.74) is 2.60. The van der Waals surface area contributed by atoms with Crippen molar-refractivity contribution in [1.82, 2.24) is 0 Å². The fraction of sp³-hybridized carbons (Fsp3) is 0.391. The van der Waals surface area contributed by atoms with Gasteiger partial charge in [-0.05, 0) is 55.8 Å². The molecular weight excluding hydrogens is 449 g/mol. The molecule has 9 heteroatoms. The fourth-order valence-corrected chi connectivity index (χ4v) is 8.13. The number of hydrogen-bond acceptors (Lipinski definition) is 5. The summed E-state index contributed by atoms with van der Waals surface area (Å²) in [5.74, 6) is -0.561. The van der Waals surface area contributed by atoms with Gasteiger partial charge in [-0.1, -0.05) is 23.9 Å². The number of benzene rings is 2. The Morgan fingerprint density at radius 2 is 1.75 bits per heavy atom. The maximum Gasteiger partial charge on any atom is 0.252 e. The van der Waals surface area contributed by atoms with Crippen LogP contribution >= 0.6 is 11.8 Å². The zero-order chi connectivity index (χ0) is 22.9. The number of aliphatic imine (C=N–C) groups is 1. The number of carbonyl (C=O) groups is 1. The molecule has 0 saturated carbocycles. The van der Waals surface area contributed by atoms with Crippen LogP contribution < -0.4 is 9.80 Å². The van der Waals surface area contributed by atoms with E-state index in [2.05, 4.69) is 23.7 Å². The van der Waals surface area contributed by atoms with Crippen molar-refractivity contribution in [3.63, 3.8) is 0 Å². The predicted molar refractivity (Wildman–Crippen MR) is 129 cm³/mol. The van der Waals surface area contributed by atoms with Crippen molar-refractivity contribution in [2.75, 3.05) is 34.4 Å². The second-order valence-corrected chi connectivity index (χ2v) is 11.3. The van der Waals surface area contributed by atoms with E-state index in [4.69, 9.17) is 0 Å². The van der Waals surface area contributed by atoms with E-state index in [0.29, 0.717) is 10.7 Å². The van der Waals surface area contributed by atoms with Gasteiger partial charge in [-0.2, -0.15) is 4.99 Å². The van der Waals surface area contributed by atoms with E-state index in [1.165, 1.54) is 23.9 Å². The molecule has 2 heterocycles. The van der Waals surface area contributed by atoms with Crippen LogP contribution in [0, 0.1) is 5.82 Å². The van der Waals surface area contributed by atoms with Crippen molar-refractivity contribution in [3.8, 4) is 0 Å². The molecule has 0 N–H and O–H groups in total. The molecule has 4 rings (SSSR count). The van der Waals surface area contributed by atoms with E-state index in [9.17, 15) is 17.6 Å². The van der Waals surface area contributed by atoms with Crippen molar-refractivity contribution in [2.24, 2.45) is 4.99 Å². The summed E-state index contributed by atoms with van der Waals surface area (Å²) in [7, 11) is -3.13. The SMILES string of the molecule is CCN(CC)c1ccc(N2C(=NC(=O)Cc3ccc(F)cc3)SC3CS(=O)(=O)CC32)cc1. The first-order valence-corrected chi connectivity index (χ1v) is 13.4. The maximum atomic E-state index is 13.1. The van der Waals surface area contributed by atoms with Gasteiger partial charge in [0.05, 0.1) is 24.0 Å². The van der Waals surface area contributed by atoms with Crippen molar-refractivity contribution in [3.05, 3.63) is 59.9 Å². The molecule has 0 radical (unpaired) electrons. The minimum Gasteiger partial charge on any atom is -0.372 e. The number of amidine groups is 1. The summed E-state index contributed by atoms with van der Waals surface area (Å²) in [6.07, 6.45) is 0.0622. The molecule has 0 aromatic heterocycles. The Hall–Kier alpha value is -2.39. The van der Waals surface area contributed by atoms with E-state index in [1.807, 2.05) is 29.2 Å². The molecule has 0 spiro atoms. The van der Waals surface area contributed by atoms with Gasteiger partial charge in [-0.15, -0.1) is 0 Å². The molecule has 2 saturated heterocycles. The van der Waals surface area contributed by atoms with Crippen LogP contribution in [-0.4, -0.2) is 55.4 Å². The number of thioether (sulfide) groups is 1. The Morgan fingerprint density at radius 3 is 2.38 bits per heavy atom. The molecule has 170 valence electrons. The van der Waals surface area contributed by atoms with Gasteiger partial charge in [0.1, 0.15) is 5.82 Å². The molecular formula is C23H26FN3O3S2. The molecule has 2 fully saturated rings. The maximum absolute atomic E-state index is 13.1. The predicted octanol–water partition coefficient (Wildman–Crippen LogP) is 3.52. The van der Waals surface area contributed by atoms with Crippen LogP contribution in [0.1, 0.15) is 19.4 Å². The highest BCUT2D eigenvalue weighted by molar-refractivity contribution is 8.16. The number of anilines is 2. The van der Waals surface area contributed by atoms with Crippen molar-refractivity contribution in [2.45, 2.75) is 31.6 Å². The average Bonchev–Trinajstić information content (AvgIpc) is 3.22. The Morgan fingerprint density at radius 1 is 1.09 bits per heavy atom. The van der Waals surface area contributed by atoms with Gasteiger partial charge in [0.15, 0.2) is 15.0 Å². The Kier molecular flexibility index (Phi) is 6.57. The number of amides is 1. The third kappa shape index (κ3) is 4.83. The standard InChI is InChI=1S/C23H26FN3O3S2/c1-3-26(4-2)18-9-11-19(12-10-18)27-20-14-32(29,30)15-21(20)31-23(27)25-22(28)13-16-5-7-17(24)8-6-16/h5-12,20-21H,3-4,13-15H2,1-2H3. The van der Waals surface area contributed by atoms with Crippen LogP contribution in [0.5, 0.6) is 0 Å². The zero-order valence-electron chi connectivity index (χ0n) is 18.1. The van der Waals surface area contributed by atoms with E-state index >= 15 is 0 Å². The fourth-order valence-electron chi connectivity index (χ4n) is 4.20. The summed E-state index contributed by atoms with van der Waals surface area (Å²) < 4.78 is 37.6. The number of carbonyl (C=O) groups excluding carboxylic acids is 1. The highest BCUT2D eigenvalue weighted by Crippen LogP contribution is 2.41. The van der Waals surface area contributed by atoms with E-state index in [1.54, 1.807) is 12.1 Å². The Bertz CT molecular complexity index is 1110. The quantitative estimate of drug-likeness (QED) is 0.637. The molecule has 32 heavy (non-hydrogen) atoms. The Balaban J connectivity index is 1.62. The van der Waals surface area contributed by atoms with Crippen molar-refractivity contribution < 1.29 is 17.6 Å². The lowest BCUT2D eigenvalue weighted by Crippen LogP contribution is -2.37. The molecule has 2 aromatic carbocycles. The summed E-state index contributed by atoms with van der Waals surface area (Å²) in [6, 6.07) is 13.5. The molecule has 0 aliphatic carbocycles. The summed E-state index contributed by atoms with van der Waals surface area (Å²) >= 11 is 1.35. The van der Waals surface area contributed by atoms with Crippen LogP contribution in [0.25, 0.3) is 0 Å². The number of nitrogens with zero attached hydrogens (tertiary/aromatic N) is 3. The van der Waals surface area contributed by atoms with E-state index in [-0.39, 0.29) is 40.9 Å². The van der Waals surface area contributed by atoms with Gasteiger partial charge >= 0.3 is 0 Å². The van der Waals surface area contributed by atoms with Crippen LogP contribution in [0.4, 0.5) is 15.8 Å². The van der Waals surface area contributed by atoms with Crippen molar-refractivity contribution >= 4 is 44.0 Å². The molecule has 0 bridgehead atoms. The summed E-state index contributed by atoms with van der Waals surface area (Å²) in [6.45, 7) is 5.98. The first-order valence-electron chi connectivity index (χ1n) is 10.7. The molecule has 2 unspecified atom stereocenters. The number of rotatable bonds is 6. The monoisotopic (exact) mass is 475 g/mol. The van der Waals surface area contributed by atoms with Gasteiger partial charge in [-0.25, -0.2) is 12.8 Å². The number of fused-ring (bicyclic) bond motifs is 1. The van der Waals surface area contributed by atoms with Gasteiger partial charge in [-0.3, -0.25) is 4.79 Å². The van der Waals surface area contributed by atoms with Gasteiger partial charge in [0, 0.05) is 29.7 Å². The minimum atomic E-state index is -3.13. The van der Waals surface area contributed by atoms with E-state index in [0.717, 1.165) is 24.5 Å². The lowest BCUT2D eigenvalue weighted by atomic mass is 10.1. The van der Waals surface area contributed by atoms with Crippen LogP contribution in [0.3, 0.4) is 0 Å². The zero-order valence-corrected chi connectivity index (χ0v) is 19.7. The van der Waals surface area contributed by atoms with Crippen LogP contribution in [0.2, 0.25) is 0 Å². The second-order valence-electron chi connectivity index (χ2n) is 7.95. The van der Waals surface area contributed by atoms with Crippen LogP contribution in [0.15, 0.2) is 53.5 Å². The lowest BCUT2D eigenvalue weighted by molar-refractivity contribution is -0.117. The van der Waals surface area contributed by atoms with Crippen molar-refractivity contribution in [1.29, 1.82) is 0 Å². The highest BCUT2D eigenvalue weighted by atomic mass is 32.2. The number of hydrogen-bond donors (Lipinski definition) is 0. The number of halogens is 1. The van der Waals surface area contributed by atoms with E-state index < -0.39 is 9.84 Å².